The number of anilines is 1. The Morgan fingerprint density at radius 1 is 1.00 bits per heavy atom. The molecule has 126 valence electrons. The lowest BCUT2D eigenvalue weighted by Crippen LogP contribution is -2.48. The maximum Gasteiger partial charge on any atom is 0.250 e. The lowest BCUT2D eigenvalue weighted by atomic mass is 9.84. The Morgan fingerprint density at radius 3 is 2.50 bits per heavy atom. The molecule has 2 aliphatic heterocycles. The standard InChI is InChI=1S/C17H19N3O3S/c18-14-4-6-15(7-5-14)24(22,23)19-9-12-8-13(11-19)16-2-1-3-17(21)20(16)10-12/h1-7,12-13H,8-11,18H2/t12-,13+/m1/s1. The number of hydrogen-bond acceptors (Lipinski definition) is 4. The molecular formula is C17H19N3O3S. The molecule has 24 heavy (non-hydrogen) atoms. The second-order valence-corrected chi connectivity index (χ2v) is 8.53. The molecule has 1 aromatic heterocycles. The third-order valence-corrected chi connectivity index (χ3v) is 6.81. The first-order valence-corrected chi connectivity index (χ1v) is 9.44. The lowest BCUT2D eigenvalue weighted by molar-refractivity contribution is 0.186. The minimum absolute atomic E-state index is 0.00274. The normalized spacial score (nSPS) is 23.7. The first-order chi connectivity index (χ1) is 11.4. The van der Waals surface area contributed by atoms with E-state index in [9.17, 15) is 13.2 Å². The highest BCUT2D eigenvalue weighted by Gasteiger charge is 2.39. The van der Waals surface area contributed by atoms with Crippen molar-refractivity contribution < 1.29 is 8.42 Å². The van der Waals surface area contributed by atoms with Crippen molar-refractivity contribution in [3.05, 3.63) is 58.5 Å². The summed E-state index contributed by atoms with van der Waals surface area (Å²) in [7, 11) is -3.54. The Hall–Kier alpha value is -2.12. The lowest BCUT2D eigenvalue weighted by Gasteiger charge is -2.42. The molecule has 1 aromatic carbocycles. The molecule has 0 spiro atoms. The van der Waals surface area contributed by atoms with Crippen LogP contribution < -0.4 is 11.3 Å². The molecule has 0 unspecified atom stereocenters. The highest BCUT2D eigenvalue weighted by atomic mass is 32.2. The average molecular weight is 345 g/mol. The van der Waals surface area contributed by atoms with Gasteiger partial charge in [0.15, 0.2) is 0 Å². The van der Waals surface area contributed by atoms with Gasteiger partial charge in [-0.05, 0) is 42.7 Å². The predicted molar refractivity (Wildman–Crippen MR) is 91.2 cm³/mol. The number of nitrogen functional groups attached to an aromatic ring is 1. The average Bonchev–Trinajstić information content (AvgIpc) is 2.56. The number of fused-ring (bicyclic) bond motifs is 4. The number of pyridine rings is 1. The van der Waals surface area contributed by atoms with Crippen molar-refractivity contribution in [2.45, 2.75) is 23.8 Å². The van der Waals surface area contributed by atoms with Gasteiger partial charge in [0.1, 0.15) is 0 Å². The second kappa shape index (κ2) is 5.46. The van der Waals surface area contributed by atoms with Crippen LogP contribution in [0.3, 0.4) is 0 Å². The number of rotatable bonds is 2. The number of nitrogens with zero attached hydrogens (tertiary/aromatic N) is 2. The van der Waals surface area contributed by atoms with Crippen molar-refractivity contribution >= 4 is 15.7 Å². The molecule has 1 fully saturated rings. The molecule has 2 aliphatic rings. The van der Waals surface area contributed by atoms with E-state index in [2.05, 4.69) is 0 Å². The molecule has 2 bridgehead atoms. The number of benzene rings is 1. The summed E-state index contributed by atoms with van der Waals surface area (Å²) >= 11 is 0. The van der Waals surface area contributed by atoms with Crippen molar-refractivity contribution in [1.82, 2.24) is 8.87 Å². The van der Waals surface area contributed by atoms with E-state index >= 15 is 0 Å². The maximum atomic E-state index is 12.9. The van der Waals surface area contributed by atoms with Crippen LogP contribution in [0.1, 0.15) is 18.0 Å². The molecule has 6 nitrogen and oxygen atoms in total. The smallest absolute Gasteiger partial charge is 0.250 e. The third-order valence-electron chi connectivity index (χ3n) is 4.96. The zero-order valence-corrected chi connectivity index (χ0v) is 13.9. The van der Waals surface area contributed by atoms with Crippen molar-refractivity contribution in [3.8, 4) is 0 Å². The van der Waals surface area contributed by atoms with E-state index < -0.39 is 10.0 Å². The summed E-state index contributed by atoms with van der Waals surface area (Å²) in [5, 5.41) is 0. The Morgan fingerprint density at radius 2 is 1.75 bits per heavy atom. The van der Waals surface area contributed by atoms with Crippen LogP contribution in [-0.2, 0) is 16.6 Å². The minimum atomic E-state index is -3.54. The zero-order valence-electron chi connectivity index (χ0n) is 13.1. The van der Waals surface area contributed by atoms with Crippen LogP contribution in [0, 0.1) is 5.92 Å². The Labute approximate surface area is 140 Å². The van der Waals surface area contributed by atoms with Crippen LogP contribution >= 0.6 is 0 Å². The van der Waals surface area contributed by atoms with Crippen molar-refractivity contribution in [2.24, 2.45) is 5.92 Å². The van der Waals surface area contributed by atoms with E-state index in [0.29, 0.717) is 25.3 Å². The van der Waals surface area contributed by atoms with Crippen LogP contribution in [0.5, 0.6) is 0 Å². The van der Waals surface area contributed by atoms with Crippen LogP contribution in [-0.4, -0.2) is 30.4 Å². The van der Waals surface area contributed by atoms with Crippen LogP contribution in [0.15, 0.2) is 52.2 Å². The van der Waals surface area contributed by atoms with Gasteiger partial charge in [-0.1, -0.05) is 6.07 Å². The van der Waals surface area contributed by atoms with Crippen LogP contribution in [0.4, 0.5) is 5.69 Å². The molecule has 4 rings (SSSR count). The number of hydrogen-bond donors (Lipinski definition) is 1. The van der Waals surface area contributed by atoms with Gasteiger partial charge in [0, 0.05) is 43.0 Å². The molecular weight excluding hydrogens is 326 g/mol. The monoisotopic (exact) mass is 345 g/mol. The summed E-state index contributed by atoms with van der Waals surface area (Å²) in [6.07, 6.45) is 0.928. The molecule has 0 amide bonds. The van der Waals surface area contributed by atoms with Gasteiger partial charge in [-0.15, -0.1) is 0 Å². The molecule has 1 saturated heterocycles. The number of nitrogens with two attached hydrogens (primary N) is 1. The van der Waals surface area contributed by atoms with Crippen molar-refractivity contribution in [2.75, 3.05) is 18.8 Å². The largest absolute Gasteiger partial charge is 0.399 e. The summed E-state index contributed by atoms with van der Waals surface area (Å²) in [4.78, 5) is 12.3. The van der Waals surface area contributed by atoms with Gasteiger partial charge in [-0.25, -0.2) is 8.42 Å². The van der Waals surface area contributed by atoms with E-state index in [1.54, 1.807) is 45.3 Å². The van der Waals surface area contributed by atoms with Gasteiger partial charge >= 0.3 is 0 Å². The van der Waals surface area contributed by atoms with Gasteiger partial charge < -0.3 is 10.3 Å². The summed E-state index contributed by atoms with van der Waals surface area (Å²) in [5.74, 6) is 0.231. The van der Waals surface area contributed by atoms with E-state index in [0.717, 1.165) is 12.1 Å². The summed E-state index contributed by atoms with van der Waals surface area (Å²) in [6, 6.07) is 11.6. The highest BCUT2D eigenvalue weighted by Crippen LogP contribution is 2.37. The molecule has 2 atom stereocenters. The fourth-order valence-corrected chi connectivity index (χ4v) is 5.40. The summed E-state index contributed by atoms with van der Waals surface area (Å²) in [6.45, 7) is 1.44. The van der Waals surface area contributed by atoms with Gasteiger partial charge in [0.25, 0.3) is 5.56 Å². The summed E-state index contributed by atoms with van der Waals surface area (Å²) in [5.41, 5.74) is 7.13. The maximum absolute atomic E-state index is 12.9. The summed E-state index contributed by atoms with van der Waals surface area (Å²) < 4.78 is 29.2. The third kappa shape index (κ3) is 2.44. The predicted octanol–water partition coefficient (Wildman–Crippen LogP) is 1.24. The van der Waals surface area contributed by atoms with Gasteiger partial charge in [0.2, 0.25) is 10.0 Å². The molecule has 0 aliphatic carbocycles. The van der Waals surface area contributed by atoms with E-state index in [4.69, 9.17) is 5.73 Å². The fraction of sp³-hybridized carbons (Fsp3) is 0.353. The first kappa shape index (κ1) is 15.4. The fourth-order valence-electron chi connectivity index (χ4n) is 3.84. The van der Waals surface area contributed by atoms with Gasteiger partial charge in [-0.2, -0.15) is 4.31 Å². The number of sulfonamides is 1. The van der Waals surface area contributed by atoms with E-state index in [-0.39, 0.29) is 22.3 Å². The van der Waals surface area contributed by atoms with Crippen molar-refractivity contribution in [3.63, 3.8) is 0 Å². The topological polar surface area (TPSA) is 85.4 Å². The van der Waals surface area contributed by atoms with Gasteiger partial charge in [-0.3, -0.25) is 4.79 Å². The Balaban J connectivity index is 1.69. The quantitative estimate of drug-likeness (QED) is 0.830. The SMILES string of the molecule is Nc1ccc(S(=O)(=O)N2C[C@H]3C[C@@H](C2)c2cccc(=O)n2C3)cc1. The molecule has 7 heteroatoms. The van der Waals surface area contributed by atoms with Crippen LogP contribution in [0.2, 0.25) is 0 Å². The highest BCUT2D eigenvalue weighted by molar-refractivity contribution is 7.89. The van der Waals surface area contributed by atoms with E-state index in [1.165, 1.54) is 0 Å². The zero-order chi connectivity index (χ0) is 16.9. The van der Waals surface area contributed by atoms with E-state index in [1.807, 2.05) is 6.07 Å². The second-order valence-electron chi connectivity index (χ2n) is 6.59. The Bertz CT molecular complexity index is 934. The molecule has 2 aromatic rings. The minimum Gasteiger partial charge on any atom is -0.399 e. The number of aromatic nitrogens is 1. The molecule has 3 heterocycles. The number of piperidine rings is 1. The molecule has 2 N–H and O–H groups in total. The Kier molecular flexibility index (Phi) is 3.51. The van der Waals surface area contributed by atoms with Crippen LogP contribution in [0.25, 0.3) is 0 Å². The van der Waals surface area contributed by atoms with Gasteiger partial charge in [0.05, 0.1) is 4.90 Å². The first-order valence-electron chi connectivity index (χ1n) is 8.00. The molecule has 0 radical (unpaired) electrons. The van der Waals surface area contributed by atoms with Crippen molar-refractivity contribution in [1.29, 1.82) is 0 Å². The molecule has 0 saturated carbocycles.